The van der Waals surface area contributed by atoms with Gasteiger partial charge in [-0.05, 0) is 49.6 Å². The number of benzene rings is 2. The number of carbonyl (C=O) groups excluding carboxylic acids is 4. The number of fused-ring (bicyclic) bond motifs is 2. The van der Waals surface area contributed by atoms with Crippen molar-refractivity contribution in [3.63, 3.8) is 0 Å². The molecule has 3 fully saturated rings. The van der Waals surface area contributed by atoms with Crippen LogP contribution in [-0.4, -0.2) is 106 Å². The van der Waals surface area contributed by atoms with Crippen LogP contribution in [0.3, 0.4) is 0 Å². The van der Waals surface area contributed by atoms with Gasteiger partial charge >= 0.3 is 0 Å². The van der Waals surface area contributed by atoms with E-state index >= 15 is 0 Å². The topological polar surface area (TPSA) is 189 Å². The molecule has 0 radical (unpaired) electrons. The highest BCUT2D eigenvalue weighted by molar-refractivity contribution is 6.33. The van der Waals surface area contributed by atoms with Gasteiger partial charge in [0.05, 0.1) is 34.5 Å². The predicted molar refractivity (Wildman–Crippen MR) is 219 cm³/mol. The van der Waals surface area contributed by atoms with Crippen LogP contribution < -0.4 is 36.0 Å². The Kier molecular flexibility index (Phi) is 10.6. The lowest BCUT2D eigenvalue weighted by Gasteiger charge is -2.39. The lowest BCUT2D eigenvalue weighted by molar-refractivity contribution is -0.137. The Morgan fingerprint density at radius 2 is 1.74 bits per heavy atom. The van der Waals surface area contributed by atoms with Crippen molar-refractivity contribution in [2.75, 3.05) is 68.0 Å². The highest BCUT2D eigenvalue weighted by Gasteiger charge is 2.34. The van der Waals surface area contributed by atoms with Crippen molar-refractivity contribution in [1.29, 1.82) is 0 Å². The SMILES string of the molecule is CNC(=O)COc1cc2cc(Nc3nc(N4CCN(C(=O)C5CCN(c6cccc7c(C8CCC(=O)NC8=O)nn(C)c67)CC5)CC4)ncc3Cl)ccc2n(C)c1=O. The predicted octanol–water partition coefficient (Wildman–Crippen LogP) is 2.82. The number of rotatable bonds is 9. The van der Waals surface area contributed by atoms with E-state index in [0.717, 1.165) is 29.4 Å². The van der Waals surface area contributed by atoms with E-state index in [2.05, 4.69) is 31.9 Å². The summed E-state index contributed by atoms with van der Waals surface area (Å²) in [5.74, 6) is -0.341. The molecule has 17 nitrogen and oxygen atoms in total. The molecular formula is C40H44ClN11O6. The number of halogens is 1. The summed E-state index contributed by atoms with van der Waals surface area (Å²) in [6, 6.07) is 13.1. The van der Waals surface area contributed by atoms with Crippen LogP contribution >= 0.6 is 11.6 Å². The molecule has 3 N–H and O–H groups in total. The van der Waals surface area contributed by atoms with Crippen LogP contribution in [0.2, 0.25) is 5.02 Å². The molecule has 18 heteroatoms. The molecule has 4 amide bonds. The first-order valence-corrected chi connectivity index (χ1v) is 19.7. The molecule has 2 aromatic carbocycles. The van der Waals surface area contributed by atoms with Gasteiger partial charge in [0.25, 0.3) is 11.5 Å². The first-order chi connectivity index (χ1) is 28.0. The zero-order valence-corrected chi connectivity index (χ0v) is 33.2. The summed E-state index contributed by atoms with van der Waals surface area (Å²) in [4.78, 5) is 78.2. The summed E-state index contributed by atoms with van der Waals surface area (Å²) in [5, 5.41) is 14.9. The molecule has 1 unspecified atom stereocenters. The average molecular weight is 810 g/mol. The zero-order valence-electron chi connectivity index (χ0n) is 32.5. The second-order valence-electron chi connectivity index (χ2n) is 14.9. The van der Waals surface area contributed by atoms with Crippen molar-refractivity contribution >= 4 is 80.2 Å². The Balaban J connectivity index is 0.884. The number of anilines is 4. The first-order valence-electron chi connectivity index (χ1n) is 19.3. The zero-order chi connectivity index (χ0) is 40.7. The van der Waals surface area contributed by atoms with E-state index in [-0.39, 0.29) is 47.5 Å². The molecule has 3 aliphatic rings. The maximum atomic E-state index is 13.8. The van der Waals surface area contributed by atoms with Gasteiger partial charge in [0.15, 0.2) is 18.2 Å². The molecular weight excluding hydrogens is 766 g/mol. The third-order valence-electron chi connectivity index (χ3n) is 11.3. The largest absolute Gasteiger partial charge is 0.478 e. The molecule has 6 heterocycles. The number of nitrogens with zero attached hydrogens (tertiary/aromatic N) is 8. The van der Waals surface area contributed by atoms with Crippen molar-refractivity contribution in [1.82, 2.24) is 39.8 Å². The minimum atomic E-state index is -0.472. The number of piperazine rings is 1. The second kappa shape index (κ2) is 16.0. The van der Waals surface area contributed by atoms with Crippen molar-refractivity contribution in [2.24, 2.45) is 20.0 Å². The molecule has 0 aliphatic carbocycles. The first kappa shape index (κ1) is 38.6. The molecule has 0 saturated carbocycles. The number of imide groups is 1. The van der Waals surface area contributed by atoms with Gasteiger partial charge in [0.2, 0.25) is 23.7 Å². The van der Waals surface area contributed by atoms with Gasteiger partial charge in [-0.1, -0.05) is 23.7 Å². The Morgan fingerprint density at radius 1 is 0.966 bits per heavy atom. The van der Waals surface area contributed by atoms with Gasteiger partial charge in [0, 0.05) is 89.2 Å². The standard InChI is InChI=1S/C40H44ClN11O6/c1-42-33(54)22-58-31-20-24-19-25(7-9-29(24)48(2)39(31)57)44-36-28(41)21-43-40(46-36)52-17-15-51(16-18-52)38(56)23-11-13-50(14-12-23)30-6-4-5-26-34(47-49(3)35(26)30)27-8-10-32(53)45-37(27)55/h4-7,9,19-21,23,27H,8,10-18,22H2,1-3H3,(H,42,54)(H,43,44,46)(H,45,53,55). The normalized spacial score (nSPS) is 17.8. The summed E-state index contributed by atoms with van der Waals surface area (Å²) in [6.45, 7) is 3.35. The van der Waals surface area contributed by atoms with Crippen molar-refractivity contribution in [3.8, 4) is 5.75 Å². The number of pyridine rings is 1. The number of aryl methyl sites for hydroxylation is 2. The van der Waals surface area contributed by atoms with Crippen LogP contribution in [0.25, 0.3) is 21.8 Å². The number of piperidine rings is 2. The van der Waals surface area contributed by atoms with Gasteiger partial charge in [-0.3, -0.25) is 34.0 Å². The van der Waals surface area contributed by atoms with E-state index in [1.807, 2.05) is 45.8 Å². The number of carbonyl (C=O) groups is 4. The van der Waals surface area contributed by atoms with E-state index in [1.54, 1.807) is 25.4 Å². The van der Waals surface area contributed by atoms with E-state index < -0.39 is 5.92 Å². The summed E-state index contributed by atoms with van der Waals surface area (Å²) >= 11 is 6.54. The van der Waals surface area contributed by atoms with Gasteiger partial charge in [-0.2, -0.15) is 10.1 Å². The summed E-state index contributed by atoms with van der Waals surface area (Å²) in [6.07, 6.45) is 3.72. The smallest absolute Gasteiger partial charge is 0.293 e. The number of nitrogens with one attached hydrogen (secondary N) is 3. The molecule has 3 aromatic heterocycles. The quantitative estimate of drug-likeness (QED) is 0.185. The fourth-order valence-corrected chi connectivity index (χ4v) is 8.29. The van der Waals surface area contributed by atoms with Crippen LogP contribution in [0, 0.1) is 5.92 Å². The molecule has 1 atom stereocenters. The molecule has 0 bridgehead atoms. The van der Waals surface area contributed by atoms with Crippen molar-refractivity contribution in [2.45, 2.75) is 31.6 Å². The van der Waals surface area contributed by atoms with Crippen molar-refractivity contribution in [3.05, 3.63) is 69.7 Å². The van der Waals surface area contributed by atoms with Gasteiger partial charge < -0.3 is 34.6 Å². The minimum Gasteiger partial charge on any atom is -0.478 e. The maximum Gasteiger partial charge on any atom is 0.293 e. The van der Waals surface area contributed by atoms with E-state index in [1.165, 1.54) is 11.6 Å². The third kappa shape index (κ3) is 7.48. The Labute approximate surface area is 338 Å². The molecule has 3 aliphatic heterocycles. The van der Waals surface area contributed by atoms with Crippen LogP contribution in [0.1, 0.15) is 37.3 Å². The van der Waals surface area contributed by atoms with Crippen molar-refractivity contribution < 1.29 is 23.9 Å². The molecule has 58 heavy (non-hydrogen) atoms. The van der Waals surface area contributed by atoms with Crippen LogP contribution in [0.5, 0.6) is 5.75 Å². The minimum absolute atomic E-state index is 0.0586. The Bertz CT molecular complexity index is 2500. The number of para-hydroxylation sites is 1. The highest BCUT2D eigenvalue weighted by atomic mass is 35.5. The lowest BCUT2D eigenvalue weighted by Crippen LogP contribution is -2.52. The fraction of sp³-hybridized carbons (Fsp3) is 0.400. The van der Waals surface area contributed by atoms with E-state index in [0.29, 0.717) is 91.2 Å². The summed E-state index contributed by atoms with van der Waals surface area (Å²) in [7, 11) is 5.02. The van der Waals surface area contributed by atoms with E-state index in [9.17, 15) is 24.0 Å². The monoisotopic (exact) mass is 809 g/mol. The average Bonchev–Trinajstić information content (AvgIpc) is 3.57. The van der Waals surface area contributed by atoms with Gasteiger partial charge in [0.1, 0.15) is 5.02 Å². The highest BCUT2D eigenvalue weighted by Crippen LogP contribution is 2.36. The van der Waals surface area contributed by atoms with Crippen LogP contribution in [0.15, 0.2) is 53.5 Å². The van der Waals surface area contributed by atoms with E-state index in [4.69, 9.17) is 26.4 Å². The fourth-order valence-electron chi connectivity index (χ4n) is 8.15. The maximum absolute atomic E-state index is 13.8. The summed E-state index contributed by atoms with van der Waals surface area (Å²) < 4.78 is 8.78. The number of hydrogen-bond acceptors (Lipinski definition) is 12. The van der Waals surface area contributed by atoms with Gasteiger partial charge in [-0.25, -0.2) is 4.98 Å². The van der Waals surface area contributed by atoms with Crippen LogP contribution in [-0.2, 0) is 33.3 Å². The second-order valence-corrected chi connectivity index (χ2v) is 15.3. The van der Waals surface area contributed by atoms with Gasteiger partial charge in [-0.15, -0.1) is 0 Å². The van der Waals surface area contributed by atoms with Crippen LogP contribution in [0.4, 0.5) is 23.1 Å². The molecule has 8 rings (SSSR count). The Hall–Kier alpha value is -6.23. The third-order valence-corrected chi connectivity index (χ3v) is 11.6. The number of ether oxygens (including phenoxy) is 1. The number of hydrogen-bond donors (Lipinski definition) is 3. The molecule has 302 valence electrons. The molecule has 0 spiro atoms. The number of aromatic nitrogens is 5. The lowest BCUT2D eigenvalue weighted by atomic mass is 9.92. The Morgan fingerprint density at radius 3 is 2.48 bits per heavy atom. The summed E-state index contributed by atoms with van der Waals surface area (Å²) in [5.41, 5.74) is 3.65. The number of amides is 4. The molecule has 5 aromatic rings. The number of likely N-dealkylation sites (N-methyl/N-ethyl adjacent to an activating group) is 1. The molecule has 3 saturated heterocycles.